The van der Waals surface area contributed by atoms with Crippen molar-refractivity contribution in [2.24, 2.45) is 5.73 Å². The number of urea groups is 1. The van der Waals surface area contributed by atoms with Gasteiger partial charge < -0.3 is 26.2 Å². The molecule has 0 heterocycles. The van der Waals surface area contributed by atoms with E-state index in [0.29, 0.717) is 12.8 Å². The van der Waals surface area contributed by atoms with Gasteiger partial charge in [-0.2, -0.15) is 0 Å². The molecule has 1 aliphatic carbocycles. The summed E-state index contributed by atoms with van der Waals surface area (Å²) in [5.74, 6) is -1.80. The Morgan fingerprint density at radius 2 is 2.05 bits per heavy atom. The van der Waals surface area contributed by atoms with Crippen LogP contribution in [-0.2, 0) is 14.3 Å². The van der Waals surface area contributed by atoms with Crippen molar-refractivity contribution in [2.45, 2.75) is 43.9 Å². The largest absolute Gasteiger partial charge is 0.480 e. The van der Waals surface area contributed by atoms with Gasteiger partial charge in [-0.05, 0) is 19.3 Å². The van der Waals surface area contributed by atoms with Crippen LogP contribution in [0.5, 0.6) is 0 Å². The van der Waals surface area contributed by atoms with Gasteiger partial charge in [0, 0.05) is 19.6 Å². The molecule has 0 bridgehead atoms. The highest BCUT2D eigenvalue weighted by Crippen LogP contribution is 2.22. The molecule has 0 saturated heterocycles. The van der Waals surface area contributed by atoms with Crippen LogP contribution in [0.2, 0.25) is 0 Å². The van der Waals surface area contributed by atoms with Crippen LogP contribution in [0, 0.1) is 0 Å². The normalized spacial score (nSPS) is 23.0. The summed E-state index contributed by atoms with van der Waals surface area (Å²) in [6.07, 6.45) is 1.46. The number of ether oxygens (including phenoxy) is 1. The van der Waals surface area contributed by atoms with Crippen molar-refractivity contribution in [1.29, 1.82) is 0 Å². The van der Waals surface area contributed by atoms with Crippen molar-refractivity contribution in [2.75, 3.05) is 7.11 Å². The van der Waals surface area contributed by atoms with Gasteiger partial charge in [0.1, 0.15) is 6.04 Å². The van der Waals surface area contributed by atoms with Gasteiger partial charge in [-0.15, -0.1) is 0 Å². The van der Waals surface area contributed by atoms with Gasteiger partial charge in [0.05, 0.1) is 6.10 Å². The molecule has 3 amide bonds. The van der Waals surface area contributed by atoms with Crippen molar-refractivity contribution in [1.82, 2.24) is 10.6 Å². The maximum absolute atomic E-state index is 11.6. The lowest BCUT2D eigenvalue weighted by molar-refractivity contribution is -0.139. The lowest BCUT2D eigenvalue weighted by Crippen LogP contribution is -2.53. The van der Waals surface area contributed by atoms with Crippen molar-refractivity contribution in [3.8, 4) is 0 Å². The van der Waals surface area contributed by atoms with E-state index in [1.165, 1.54) is 0 Å². The molecular formula is C11H19N3O5. The van der Waals surface area contributed by atoms with E-state index in [-0.39, 0.29) is 25.0 Å². The van der Waals surface area contributed by atoms with Crippen molar-refractivity contribution in [3.05, 3.63) is 0 Å². The van der Waals surface area contributed by atoms with Gasteiger partial charge in [-0.3, -0.25) is 4.79 Å². The van der Waals surface area contributed by atoms with Gasteiger partial charge in [-0.1, -0.05) is 0 Å². The van der Waals surface area contributed by atoms with Crippen LogP contribution in [0.15, 0.2) is 0 Å². The minimum atomic E-state index is -1.19. The average Bonchev–Trinajstić information content (AvgIpc) is 2.27. The minimum absolute atomic E-state index is 0.00413. The smallest absolute Gasteiger partial charge is 0.326 e. The molecule has 0 aromatic carbocycles. The first kappa shape index (κ1) is 15.2. The first-order chi connectivity index (χ1) is 8.92. The standard InChI is InChI=1S/C11H19N3O5/c1-19-7-4-6(5-7)13-11(18)14-8(10(16)17)2-3-9(12)15/h6-8H,2-5H2,1H3,(H2,12,15)(H,16,17)(H2,13,14,18)/t6?,7?,8-/m0/s1. The number of methoxy groups -OCH3 is 1. The number of nitrogens with two attached hydrogens (primary N) is 1. The summed E-state index contributed by atoms with van der Waals surface area (Å²) in [4.78, 5) is 33.1. The van der Waals surface area contributed by atoms with Crippen LogP contribution in [0.4, 0.5) is 4.79 Å². The molecule has 1 rings (SSSR count). The van der Waals surface area contributed by atoms with Crippen molar-refractivity contribution < 1.29 is 24.2 Å². The monoisotopic (exact) mass is 273 g/mol. The number of nitrogens with one attached hydrogen (secondary N) is 2. The molecule has 0 aromatic heterocycles. The second-order valence-corrected chi connectivity index (χ2v) is 4.54. The topological polar surface area (TPSA) is 131 Å². The molecule has 1 atom stereocenters. The molecule has 1 aliphatic rings. The Morgan fingerprint density at radius 3 is 2.53 bits per heavy atom. The Kier molecular flexibility index (Phi) is 5.56. The zero-order chi connectivity index (χ0) is 14.4. The van der Waals surface area contributed by atoms with Crippen LogP contribution in [-0.4, -0.2) is 48.3 Å². The predicted molar refractivity (Wildman–Crippen MR) is 65.3 cm³/mol. The van der Waals surface area contributed by atoms with Crippen LogP contribution in [0.25, 0.3) is 0 Å². The molecule has 8 heteroatoms. The molecule has 8 nitrogen and oxygen atoms in total. The Morgan fingerprint density at radius 1 is 1.42 bits per heavy atom. The first-order valence-corrected chi connectivity index (χ1v) is 6.03. The third-order valence-corrected chi connectivity index (χ3v) is 3.05. The van der Waals surface area contributed by atoms with Crippen molar-refractivity contribution >= 4 is 17.9 Å². The lowest BCUT2D eigenvalue weighted by Gasteiger charge is -2.34. The second kappa shape index (κ2) is 6.93. The van der Waals surface area contributed by atoms with Gasteiger partial charge in [0.25, 0.3) is 0 Å². The van der Waals surface area contributed by atoms with E-state index < -0.39 is 23.9 Å². The maximum atomic E-state index is 11.6. The van der Waals surface area contributed by atoms with Gasteiger partial charge in [0.15, 0.2) is 0 Å². The number of rotatable bonds is 7. The zero-order valence-electron chi connectivity index (χ0n) is 10.7. The van der Waals surface area contributed by atoms with Crippen LogP contribution in [0.3, 0.4) is 0 Å². The molecule has 1 saturated carbocycles. The number of aliphatic carboxylic acids is 1. The lowest BCUT2D eigenvalue weighted by atomic mass is 9.89. The highest BCUT2D eigenvalue weighted by atomic mass is 16.5. The summed E-state index contributed by atoms with van der Waals surface area (Å²) in [6, 6.07) is -1.68. The minimum Gasteiger partial charge on any atom is -0.480 e. The number of primary amides is 1. The molecule has 19 heavy (non-hydrogen) atoms. The first-order valence-electron chi connectivity index (χ1n) is 6.03. The number of amides is 3. The Labute approximate surface area is 110 Å². The fourth-order valence-electron chi connectivity index (χ4n) is 1.81. The number of hydrogen-bond acceptors (Lipinski definition) is 4. The number of hydrogen-bond donors (Lipinski definition) is 4. The summed E-state index contributed by atoms with van der Waals surface area (Å²) in [6.45, 7) is 0. The molecule has 0 spiro atoms. The van der Waals surface area contributed by atoms with E-state index in [0.717, 1.165) is 0 Å². The van der Waals surface area contributed by atoms with E-state index in [1.807, 2.05) is 0 Å². The summed E-state index contributed by atoms with van der Waals surface area (Å²) in [5, 5.41) is 13.9. The van der Waals surface area contributed by atoms with Gasteiger partial charge >= 0.3 is 12.0 Å². The van der Waals surface area contributed by atoms with Crippen LogP contribution >= 0.6 is 0 Å². The van der Waals surface area contributed by atoms with Gasteiger partial charge in [0.2, 0.25) is 5.91 Å². The van der Waals surface area contributed by atoms with E-state index in [1.54, 1.807) is 7.11 Å². The van der Waals surface area contributed by atoms with Crippen molar-refractivity contribution in [3.63, 3.8) is 0 Å². The molecule has 5 N–H and O–H groups in total. The number of carbonyl (C=O) groups is 3. The molecule has 108 valence electrons. The van der Waals surface area contributed by atoms with E-state index in [9.17, 15) is 14.4 Å². The zero-order valence-corrected chi connectivity index (χ0v) is 10.7. The summed E-state index contributed by atoms with van der Waals surface area (Å²) >= 11 is 0. The third-order valence-electron chi connectivity index (χ3n) is 3.05. The fourth-order valence-corrected chi connectivity index (χ4v) is 1.81. The molecular weight excluding hydrogens is 254 g/mol. The highest BCUT2D eigenvalue weighted by Gasteiger charge is 2.31. The van der Waals surface area contributed by atoms with Crippen LogP contribution in [0.1, 0.15) is 25.7 Å². The average molecular weight is 273 g/mol. The van der Waals surface area contributed by atoms with E-state index in [2.05, 4.69) is 10.6 Å². The summed E-state index contributed by atoms with van der Waals surface area (Å²) < 4.78 is 5.06. The Bertz CT molecular complexity index is 354. The van der Waals surface area contributed by atoms with E-state index in [4.69, 9.17) is 15.6 Å². The summed E-state index contributed by atoms with van der Waals surface area (Å²) in [7, 11) is 1.60. The van der Waals surface area contributed by atoms with E-state index >= 15 is 0 Å². The Hall–Kier alpha value is -1.83. The molecule has 0 aromatic rings. The highest BCUT2D eigenvalue weighted by molar-refractivity contribution is 5.83. The number of carbonyl (C=O) groups excluding carboxylic acids is 2. The van der Waals surface area contributed by atoms with Gasteiger partial charge in [-0.25, -0.2) is 9.59 Å². The van der Waals surface area contributed by atoms with Crippen LogP contribution < -0.4 is 16.4 Å². The number of carboxylic acids is 1. The second-order valence-electron chi connectivity index (χ2n) is 4.54. The SMILES string of the molecule is COC1CC(NC(=O)N[C@@H](CCC(N)=O)C(=O)O)C1. The molecule has 0 aliphatic heterocycles. The predicted octanol–water partition coefficient (Wildman–Crippen LogP) is -0.818. The quantitative estimate of drug-likeness (QED) is 0.481. The summed E-state index contributed by atoms with van der Waals surface area (Å²) in [5.41, 5.74) is 4.94. The maximum Gasteiger partial charge on any atom is 0.326 e. The molecule has 1 fully saturated rings. The molecule has 0 radical (unpaired) electrons. The Balaban J connectivity index is 2.31. The molecule has 0 unspecified atom stereocenters. The third kappa shape index (κ3) is 5.12. The fraction of sp³-hybridized carbons (Fsp3) is 0.727. The number of carboxylic acid groups (broad SMARTS) is 1.